The van der Waals surface area contributed by atoms with E-state index in [1.807, 2.05) is 13.8 Å². The molecular weight excluding hydrogens is 212 g/mol. The molecule has 5 heteroatoms. The van der Waals surface area contributed by atoms with Crippen molar-refractivity contribution in [3.05, 3.63) is 0 Å². The molecule has 0 radical (unpaired) electrons. The minimum atomic E-state index is -2.96. The topological polar surface area (TPSA) is 63.4 Å². The van der Waals surface area contributed by atoms with Crippen molar-refractivity contribution in [1.29, 1.82) is 0 Å². The Morgan fingerprint density at radius 2 is 1.80 bits per heavy atom. The van der Waals surface area contributed by atoms with Crippen LogP contribution in [0.3, 0.4) is 0 Å². The lowest BCUT2D eigenvalue weighted by molar-refractivity contribution is 0.321. The summed E-state index contributed by atoms with van der Waals surface area (Å²) >= 11 is 0. The van der Waals surface area contributed by atoms with Gasteiger partial charge in [0.1, 0.15) is 0 Å². The van der Waals surface area contributed by atoms with E-state index in [4.69, 9.17) is 5.73 Å². The molecule has 0 aromatic carbocycles. The minimum Gasteiger partial charge on any atom is -0.330 e. The highest BCUT2D eigenvalue weighted by Gasteiger charge is 2.20. The Hall–Kier alpha value is -0.130. The average Bonchev–Trinajstić information content (AvgIpc) is 2.19. The first-order valence-corrected chi connectivity index (χ1v) is 7.33. The average molecular weight is 236 g/mol. The Labute approximate surface area is 93.7 Å². The maximum absolute atomic E-state index is 11.8. The first-order valence-electron chi connectivity index (χ1n) is 5.61. The van der Waals surface area contributed by atoms with Crippen molar-refractivity contribution < 1.29 is 8.42 Å². The zero-order valence-electron chi connectivity index (χ0n) is 10.1. The highest BCUT2D eigenvalue weighted by Crippen LogP contribution is 2.06. The predicted molar refractivity (Wildman–Crippen MR) is 64.7 cm³/mol. The SMILES string of the molecule is CCN(CC)CCS(=O)(=O)C(C)CCN. The molecule has 0 rings (SSSR count). The number of hydrogen-bond donors (Lipinski definition) is 1. The first-order chi connectivity index (χ1) is 6.97. The van der Waals surface area contributed by atoms with Crippen molar-refractivity contribution in [3.63, 3.8) is 0 Å². The molecule has 92 valence electrons. The minimum absolute atomic E-state index is 0.246. The molecule has 1 atom stereocenters. The summed E-state index contributed by atoms with van der Waals surface area (Å²) in [4.78, 5) is 2.12. The van der Waals surface area contributed by atoms with E-state index in [1.165, 1.54) is 0 Å². The number of nitrogens with zero attached hydrogens (tertiary/aromatic N) is 1. The Balaban J connectivity index is 4.14. The molecule has 4 nitrogen and oxygen atoms in total. The van der Waals surface area contributed by atoms with Crippen molar-refractivity contribution in [1.82, 2.24) is 4.90 Å². The van der Waals surface area contributed by atoms with Crippen LogP contribution in [0.2, 0.25) is 0 Å². The van der Waals surface area contributed by atoms with Crippen LogP contribution in [0.1, 0.15) is 27.2 Å². The van der Waals surface area contributed by atoms with Crippen LogP contribution in [0, 0.1) is 0 Å². The maximum atomic E-state index is 11.8. The van der Waals surface area contributed by atoms with Crippen LogP contribution in [-0.4, -0.2) is 50.5 Å². The van der Waals surface area contributed by atoms with Gasteiger partial charge < -0.3 is 10.6 Å². The molecule has 15 heavy (non-hydrogen) atoms. The van der Waals surface area contributed by atoms with Crippen LogP contribution < -0.4 is 5.73 Å². The standard InChI is InChI=1S/C10H24N2O2S/c1-4-12(5-2)8-9-15(13,14)10(3)6-7-11/h10H,4-9,11H2,1-3H3. The summed E-state index contributed by atoms with van der Waals surface area (Å²) in [6.45, 7) is 8.69. The second-order valence-electron chi connectivity index (χ2n) is 3.78. The van der Waals surface area contributed by atoms with Gasteiger partial charge >= 0.3 is 0 Å². The summed E-state index contributed by atoms with van der Waals surface area (Å²) in [5.41, 5.74) is 5.36. The van der Waals surface area contributed by atoms with E-state index in [-0.39, 0.29) is 11.0 Å². The summed E-state index contributed by atoms with van der Waals surface area (Å²) in [7, 11) is -2.96. The van der Waals surface area contributed by atoms with Gasteiger partial charge in [0, 0.05) is 6.54 Å². The van der Waals surface area contributed by atoms with E-state index in [9.17, 15) is 8.42 Å². The van der Waals surface area contributed by atoms with Gasteiger partial charge in [-0.1, -0.05) is 13.8 Å². The fraction of sp³-hybridized carbons (Fsp3) is 1.00. The lowest BCUT2D eigenvalue weighted by Gasteiger charge is -2.19. The number of sulfone groups is 1. The molecule has 0 heterocycles. The summed E-state index contributed by atoms with van der Waals surface area (Å²) in [5, 5.41) is -0.307. The largest absolute Gasteiger partial charge is 0.330 e. The number of nitrogens with two attached hydrogens (primary N) is 1. The normalized spacial score (nSPS) is 14.5. The van der Waals surface area contributed by atoms with E-state index in [1.54, 1.807) is 6.92 Å². The molecule has 1 unspecified atom stereocenters. The number of rotatable bonds is 8. The molecule has 0 aliphatic carbocycles. The number of hydrogen-bond acceptors (Lipinski definition) is 4. The van der Waals surface area contributed by atoms with Gasteiger partial charge in [0.15, 0.2) is 9.84 Å². The second-order valence-corrected chi connectivity index (χ2v) is 6.32. The molecule has 2 N–H and O–H groups in total. The van der Waals surface area contributed by atoms with Crippen molar-refractivity contribution >= 4 is 9.84 Å². The third-order valence-electron chi connectivity index (χ3n) is 2.77. The second kappa shape index (κ2) is 7.19. The van der Waals surface area contributed by atoms with Crippen LogP contribution in [-0.2, 0) is 9.84 Å². The highest BCUT2D eigenvalue weighted by atomic mass is 32.2. The molecule has 0 amide bonds. The molecule has 0 aromatic heterocycles. The molecule has 0 aromatic rings. The van der Waals surface area contributed by atoms with Gasteiger partial charge in [0.25, 0.3) is 0 Å². The highest BCUT2D eigenvalue weighted by molar-refractivity contribution is 7.92. The third-order valence-corrected chi connectivity index (χ3v) is 4.99. The molecule has 0 spiro atoms. The molecule has 0 aliphatic rings. The van der Waals surface area contributed by atoms with Crippen LogP contribution >= 0.6 is 0 Å². The summed E-state index contributed by atoms with van der Waals surface area (Å²) in [6.07, 6.45) is 0.556. The van der Waals surface area contributed by atoms with Crippen LogP contribution in [0.25, 0.3) is 0 Å². The van der Waals surface area contributed by atoms with Crippen molar-refractivity contribution in [2.75, 3.05) is 31.9 Å². The monoisotopic (exact) mass is 236 g/mol. The van der Waals surface area contributed by atoms with Crippen molar-refractivity contribution in [2.45, 2.75) is 32.4 Å². The van der Waals surface area contributed by atoms with E-state index in [0.29, 0.717) is 19.5 Å². The smallest absolute Gasteiger partial charge is 0.154 e. The lowest BCUT2D eigenvalue weighted by Crippen LogP contribution is -2.33. The Kier molecular flexibility index (Phi) is 7.13. The van der Waals surface area contributed by atoms with Crippen LogP contribution in [0.5, 0.6) is 0 Å². The van der Waals surface area contributed by atoms with Crippen molar-refractivity contribution in [3.8, 4) is 0 Å². The molecule has 0 saturated heterocycles. The van der Waals surface area contributed by atoms with E-state index >= 15 is 0 Å². The van der Waals surface area contributed by atoms with E-state index in [2.05, 4.69) is 4.90 Å². The molecule has 0 fully saturated rings. The zero-order valence-corrected chi connectivity index (χ0v) is 10.9. The van der Waals surface area contributed by atoms with Crippen LogP contribution in [0.15, 0.2) is 0 Å². The fourth-order valence-electron chi connectivity index (χ4n) is 1.41. The van der Waals surface area contributed by atoms with Crippen LogP contribution in [0.4, 0.5) is 0 Å². The van der Waals surface area contributed by atoms with E-state index < -0.39 is 9.84 Å². The lowest BCUT2D eigenvalue weighted by atomic mass is 10.3. The molecule has 0 saturated carbocycles. The summed E-state index contributed by atoms with van der Waals surface area (Å²) in [5.74, 6) is 0.246. The van der Waals surface area contributed by atoms with Gasteiger partial charge in [0.05, 0.1) is 11.0 Å². The first kappa shape index (κ1) is 14.9. The van der Waals surface area contributed by atoms with Gasteiger partial charge in [-0.2, -0.15) is 0 Å². The van der Waals surface area contributed by atoms with E-state index in [0.717, 1.165) is 13.1 Å². The predicted octanol–water partition coefficient (Wildman–Crippen LogP) is 0.480. The van der Waals surface area contributed by atoms with Gasteiger partial charge in [-0.15, -0.1) is 0 Å². The maximum Gasteiger partial charge on any atom is 0.154 e. The molecule has 0 aliphatic heterocycles. The Morgan fingerprint density at radius 1 is 1.27 bits per heavy atom. The fourth-order valence-corrected chi connectivity index (χ4v) is 2.82. The van der Waals surface area contributed by atoms with Gasteiger partial charge in [-0.05, 0) is 33.0 Å². The van der Waals surface area contributed by atoms with Gasteiger partial charge in [0.2, 0.25) is 0 Å². The quantitative estimate of drug-likeness (QED) is 0.666. The van der Waals surface area contributed by atoms with Gasteiger partial charge in [-0.25, -0.2) is 8.42 Å². The van der Waals surface area contributed by atoms with Gasteiger partial charge in [-0.3, -0.25) is 0 Å². The summed E-state index contributed by atoms with van der Waals surface area (Å²) < 4.78 is 23.5. The third kappa shape index (κ3) is 5.49. The molecular formula is C10H24N2O2S. The zero-order chi connectivity index (χ0) is 11.9. The summed E-state index contributed by atoms with van der Waals surface area (Å²) in [6, 6.07) is 0. The Bertz CT molecular complexity index is 248. The van der Waals surface area contributed by atoms with Crippen molar-refractivity contribution in [2.24, 2.45) is 5.73 Å². The molecule has 0 bridgehead atoms. The Morgan fingerprint density at radius 3 is 2.20 bits per heavy atom.